The number of hydrogen-bond acceptors (Lipinski definition) is 11. The van der Waals surface area contributed by atoms with Gasteiger partial charge < -0.3 is 25.9 Å². The molecule has 16 heteroatoms. The Bertz CT molecular complexity index is 2520. The standard InChI is InChI=1S/C41H40ClN5O8S2/c1-47(49,50)39-26-35(16-18-38(39)45-27-29-19-23-55-24-20-29)57(53,54)46-41(48)37-17-15-33(25-40(37)56(51,52)34-8-3-2-4-9-34)44-22-21-43-28-31-7-5-6-10-36(31)30-11-13-32(42)14-12-30/h2-20,23,25-26,43-45,49H,21-22,24,27-28H2,1H3,(H,46,48). The third kappa shape index (κ3) is 10.3. The van der Waals surface area contributed by atoms with Crippen LogP contribution in [0.2, 0.25) is 5.02 Å². The van der Waals surface area contributed by atoms with Gasteiger partial charge in [0.25, 0.3) is 15.9 Å². The number of anilines is 2. The normalized spacial score (nSPS) is 13.9. The zero-order valence-corrected chi connectivity index (χ0v) is 33.1. The molecule has 0 saturated heterocycles. The molecule has 1 atom stereocenters. The van der Waals surface area contributed by atoms with Crippen molar-refractivity contribution in [3.63, 3.8) is 0 Å². The summed E-state index contributed by atoms with van der Waals surface area (Å²) in [4.78, 5) is 10.7. The number of hydrogen-bond donors (Lipinski definition) is 5. The number of sulfone groups is 1. The van der Waals surface area contributed by atoms with E-state index in [4.69, 9.17) is 16.3 Å². The average Bonchev–Trinajstić information content (AvgIpc) is 3.20. The van der Waals surface area contributed by atoms with Crippen LogP contribution in [0.15, 0.2) is 154 Å². The molecule has 1 aliphatic rings. The first kappa shape index (κ1) is 41.1. The van der Waals surface area contributed by atoms with Gasteiger partial charge in [0.2, 0.25) is 9.84 Å². The van der Waals surface area contributed by atoms with Crippen molar-refractivity contribution >= 4 is 54.4 Å². The Balaban J connectivity index is 1.19. The van der Waals surface area contributed by atoms with Gasteiger partial charge in [-0.05, 0) is 89.0 Å². The summed E-state index contributed by atoms with van der Waals surface area (Å²) in [5.74, 6) is -1.22. The second-order valence-corrected chi connectivity index (χ2v) is 17.1. The molecule has 1 aliphatic heterocycles. The molecule has 5 aromatic rings. The number of nitrogens with zero attached hydrogens (tertiary/aromatic N) is 1. The largest absolute Gasteiger partial charge is 0.593 e. The summed E-state index contributed by atoms with van der Waals surface area (Å²) >= 11 is 6.07. The Morgan fingerprint density at radius 1 is 0.842 bits per heavy atom. The molecule has 6 rings (SSSR count). The number of sulfonamides is 1. The lowest BCUT2D eigenvalue weighted by molar-refractivity contribution is -0.00399. The van der Waals surface area contributed by atoms with E-state index in [9.17, 15) is 32.0 Å². The van der Waals surface area contributed by atoms with Crippen LogP contribution in [0.25, 0.3) is 11.1 Å². The van der Waals surface area contributed by atoms with E-state index in [-0.39, 0.29) is 22.8 Å². The molecule has 1 amide bonds. The second kappa shape index (κ2) is 17.7. The van der Waals surface area contributed by atoms with Gasteiger partial charge >= 0.3 is 0 Å². The minimum atomic E-state index is -4.70. The lowest BCUT2D eigenvalue weighted by atomic mass is 10.00. The van der Waals surface area contributed by atoms with E-state index in [0.717, 1.165) is 41.4 Å². The first-order chi connectivity index (χ1) is 27.2. The molecule has 5 N–H and O–H groups in total. The van der Waals surface area contributed by atoms with Crippen LogP contribution in [-0.2, 0) is 31.1 Å². The van der Waals surface area contributed by atoms with E-state index in [0.29, 0.717) is 37.0 Å². The van der Waals surface area contributed by atoms with Crippen molar-refractivity contribution in [2.45, 2.75) is 21.2 Å². The van der Waals surface area contributed by atoms with Crippen molar-refractivity contribution in [1.82, 2.24) is 14.8 Å². The lowest BCUT2D eigenvalue weighted by Crippen LogP contribution is -2.35. The van der Waals surface area contributed by atoms with Crippen LogP contribution in [0.4, 0.5) is 17.1 Å². The Morgan fingerprint density at radius 3 is 2.30 bits per heavy atom. The third-order valence-corrected chi connectivity index (χ3v) is 12.3. The average molecular weight is 830 g/mol. The molecule has 57 heavy (non-hydrogen) atoms. The number of benzene rings is 5. The van der Waals surface area contributed by atoms with Crippen LogP contribution in [0.5, 0.6) is 0 Å². The fourth-order valence-electron chi connectivity index (χ4n) is 6.02. The van der Waals surface area contributed by atoms with Gasteiger partial charge in [0.1, 0.15) is 13.7 Å². The summed E-state index contributed by atoms with van der Waals surface area (Å²) in [6.07, 6.45) is 5.04. The molecular weight excluding hydrogens is 790 g/mol. The highest BCUT2D eigenvalue weighted by molar-refractivity contribution is 7.91. The minimum absolute atomic E-state index is 0.102. The molecule has 0 aliphatic carbocycles. The van der Waals surface area contributed by atoms with Crippen molar-refractivity contribution in [1.29, 1.82) is 0 Å². The topological polar surface area (TPSA) is 186 Å². The quantitative estimate of drug-likeness (QED) is 0.0397. The van der Waals surface area contributed by atoms with Gasteiger partial charge in [-0.15, -0.1) is 0 Å². The zero-order valence-electron chi connectivity index (χ0n) is 30.7. The second-order valence-electron chi connectivity index (χ2n) is 13.1. The summed E-state index contributed by atoms with van der Waals surface area (Å²) in [6.45, 7) is 2.03. The molecule has 0 spiro atoms. The van der Waals surface area contributed by atoms with Gasteiger partial charge in [0.05, 0.1) is 32.2 Å². The van der Waals surface area contributed by atoms with Gasteiger partial charge in [-0.25, -0.2) is 26.8 Å². The molecule has 0 aromatic heterocycles. The molecule has 1 unspecified atom stereocenters. The number of carbonyl (C=O) groups is 1. The van der Waals surface area contributed by atoms with Gasteiger partial charge in [0, 0.05) is 43.0 Å². The fourth-order valence-corrected chi connectivity index (χ4v) is 8.64. The Hall–Kier alpha value is -5.52. The SMILES string of the molecule is C[N+]([O-])(O)c1cc(S(=O)(=O)NC(=O)c2ccc(NCCNCc3ccccc3-c3ccc(Cl)cc3)cc2S(=O)(=O)c2ccccc2)ccc1NCC1=CCOC=C1. The van der Waals surface area contributed by atoms with E-state index >= 15 is 0 Å². The molecule has 5 aromatic carbocycles. The Labute approximate surface area is 336 Å². The number of nitrogens with one attached hydrogen (secondary N) is 4. The van der Waals surface area contributed by atoms with E-state index in [2.05, 4.69) is 16.0 Å². The zero-order chi connectivity index (χ0) is 40.6. The summed E-state index contributed by atoms with van der Waals surface area (Å²) in [7, 11) is -8.13. The number of halogens is 1. The van der Waals surface area contributed by atoms with Crippen molar-refractivity contribution in [2.75, 3.05) is 43.9 Å². The first-order valence-electron chi connectivity index (χ1n) is 17.7. The molecule has 13 nitrogen and oxygen atoms in total. The number of quaternary nitrogens is 1. The van der Waals surface area contributed by atoms with Crippen LogP contribution >= 0.6 is 11.6 Å². The number of ether oxygens (including phenoxy) is 1. The molecule has 0 bridgehead atoms. The maximum atomic E-state index is 14.0. The van der Waals surface area contributed by atoms with Crippen molar-refractivity contribution in [3.05, 3.63) is 161 Å². The summed E-state index contributed by atoms with van der Waals surface area (Å²) in [5.41, 5.74) is 3.76. The maximum absolute atomic E-state index is 14.0. The van der Waals surface area contributed by atoms with Crippen LogP contribution < -0.4 is 25.5 Å². The summed E-state index contributed by atoms with van der Waals surface area (Å²) in [5, 5.41) is 33.3. The molecule has 0 saturated carbocycles. The van der Waals surface area contributed by atoms with Gasteiger partial charge in [-0.2, -0.15) is 4.81 Å². The summed E-state index contributed by atoms with van der Waals surface area (Å²) in [6, 6.07) is 30.4. The minimum Gasteiger partial charge on any atom is -0.593 e. The third-order valence-electron chi connectivity index (χ3n) is 8.94. The summed E-state index contributed by atoms with van der Waals surface area (Å²) < 4.78 is 62.1. The van der Waals surface area contributed by atoms with Crippen LogP contribution in [0, 0.1) is 5.21 Å². The molecule has 0 radical (unpaired) electrons. The van der Waals surface area contributed by atoms with Crippen LogP contribution in [-0.4, -0.2) is 61.2 Å². The first-order valence-corrected chi connectivity index (χ1v) is 21.0. The number of hydroxylamine groups is 2. The Kier molecular flexibility index (Phi) is 12.8. The van der Waals surface area contributed by atoms with Gasteiger partial charge in [-0.1, -0.05) is 66.2 Å². The predicted octanol–water partition coefficient (Wildman–Crippen LogP) is 6.87. The molecule has 0 fully saturated rings. The highest BCUT2D eigenvalue weighted by atomic mass is 35.5. The number of rotatable bonds is 16. The van der Waals surface area contributed by atoms with Crippen molar-refractivity contribution < 1.29 is 31.6 Å². The van der Waals surface area contributed by atoms with Crippen molar-refractivity contribution in [2.24, 2.45) is 0 Å². The van der Waals surface area contributed by atoms with Gasteiger partial charge in [0.15, 0.2) is 5.69 Å². The van der Waals surface area contributed by atoms with E-state index in [1.165, 1.54) is 54.8 Å². The fraction of sp³-hybridized carbons (Fsp3) is 0.146. The number of amides is 1. The molecule has 1 heterocycles. The lowest BCUT2D eigenvalue weighted by Gasteiger charge is -2.30. The Morgan fingerprint density at radius 2 is 1.58 bits per heavy atom. The van der Waals surface area contributed by atoms with E-state index in [1.54, 1.807) is 12.1 Å². The number of carbonyl (C=O) groups excluding carboxylic acids is 1. The van der Waals surface area contributed by atoms with Crippen LogP contribution in [0.1, 0.15) is 15.9 Å². The van der Waals surface area contributed by atoms with E-state index in [1.807, 2.05) is 59.3 Å². The smallest absolute Gasteiger partial charge is 0.266 e. The monoisotopic (exact) mass is 829 g/mol. The van der Waals surface area contributed by atoms with E-state index < -0.39 is 45.9 Å². The maximum Gasteiger partial charge on any atom is 0.266 e. The van der Waals surface area contributed by atoms with Gasteiger partial charge in [-0.3, -0.25) is 4.79 Å². The highest BCUT2D eigenvalue weighted by Gasteiger charge is 2.29. The highest BCUT2D eigenvalue weighted by Crippen LogP contribution is 2.33. The van der Waals surface area contributed by atoms with Crippen molar-refractivity contribution in [3.8, 4) is 11.1 Å². The molecular formula is C41H40ClN5O8S2. The van der Waals surface area contributed by atoms with Crippen LogP contribution in [0.3, 0.4) is 0 Å². The molecule has 296 valence electrons. The predicted molar refractivity (Wildman–Crippen MR) is 221 cm³/mol.